The van der Waals surface area contributed by atoms with Crippen LogP contribution in [0.2, 0.25) is 0 Å². The number of carbonyl (C=O) groups is 1. The molecule has 0 aromatic heterocycles. The van der Waals surface area contributed by atoms with Gasteiger partial charge in [0, 0.05) is 24.9 Å². The number of ether oxygens (including phenoxy) is 1. The molecule has 1 aromatic rings. The highest BCUT2D eigenvalue weighted by Crippen LogP contribution is 2.24. The van der Waals surface area contributed by atoms with E-state index in [0.29, 0.717) is 18.2 Å². The normalized spacial score (nSPS) is 21.8. The summed E-state index contributed by atoms with van der Waals surface area (Å²) in [6.45, 7) is 2.76. The number of nitrogens with one attached hydrogen (secondary N) is 2. The molecular weight excluding hydrogens is 264 g/mol. The molecule has 1 aliphatic rings. The highest BCUT2D eigenvalue weighted by atomic mass is 16.5. The Labute approximate surface area is 127 Å². The van der Waals surface area contributed by atoms with Crippen molar-refractivity contribution in [1.82, 2.24) is 5.32 Å². The summed E-state index contributed by atoms with van der Waals surface area (Å²) in [5.41, 5.74) is 1.70. The summed E-state index contributed by atoms with van der Waals surface area (Å²) in [6.07, 6.45) is 5.89. The number of hydrogen-bond donors (Lipinski definition) is 2. The monoisotopic (exact) mass is 290 g/mol. The third kappa shape index (κ3) is 4.46. The summed E-state index contributed by atoms with van der Waals surface area (Å²) in [5.74, 6) is -0.00700. The van der Waals surface area contributed by atoms with Crippen LogP contribution in [0.1, 0.15) is 49.4 Å². The number of benzene rings is 1. The Balaban J connectivity index is 2.01. The van der Waals surface area contributed by atoms with E-state index in [1.54, 1.807) is 7.11 Å². The average molecular weight is 290 g/mol. The van der Waals surface area contributed by atoms with Crippen LogP contribution in [0.25, 0.3) is 0 Å². The van der Waals surface area contributed by atoms with Crippen molar-refractivity contribution in [1.29, 1.82) is 0 Å². The summed E-state index contributed by atoms with van der Waals surface area (Å²) in [6, 6.07) is 8.04. The minimum atomic E-state index is -0.00700. The van der Waals surface area contributed by atoms with Gasteiger partial charge in [0.1, 0.15) is 0 Å². The van der Waals surface area contributed by atoms with Crippen molar-refractivity contribution < 1.29 is 9.53 Å². The van der Waals surface area contributed by atoms with E-state index in [0.717, 1.165) is 24.9 Å². The second kappa shape index (κ2) is 8.03. The zero-order chi connectivity index (χ0) is 15.1. The molecule has 2 N–H and O–H groups in total. The quantitative estimate of drug-likeness (QED) is 0.846. The molecule has 21 heavy (non-hydrogen) atoms. The lowest BCUT2D eigenvalue weighted by molar-refractivity contribution is 0.0606. The number of methoxy groups -OCH3 is 1. The van der Waals surface area contributed by atoms with Gasteiger partial charge in [0.2, 0.25) is 0 Å². The van der Waals surface area contributed by atoms with Gasteiger partial charge in [-0.3, -0.25) is 4.79 Å². The third-order valence-corrected chi connectivity index (χ3v) is 4.02. The lowest BCUT2D eigenvalue weighted by Crippen LogP contribution is -2.37. The van der Waals surface area contributed by atoms with Gasteiger partial charge in [0.05, 0.1) is 12.1 Å². The molecule has 4 heteroatoms. The molecule has 1 amide bonds. The van der Waals surface area contributed by atoms with Crippen LogP contribution in [0.5, 0.6) is 0 Å². The number of hydrogen-bond acceptors (Lipinski definition) is 3. The molecule has 0 aliphatic heterocycles. The Kier molecular flexibility index (Phi) is 6.05. The summed E-state index contributed by atoms with van der Waals surface area (Å²) < 4.78 is 5.56. The summed E-state index contributed by atoms with van der Waals surface area (Å²) in [7, 11) is 1.78. The van der Waals surface area contributed by atoms with Crippen LogP contribution < -0.4 is 10.6 Å². The molecule has 1 aromatic carbocycles. The first-order valence-corrected chi connectivity index (χ1v) is 7.92. The number of carbonyl (C=O) groups excluding carboxylic acids is 1. The molecule has 0 bridgehead atoms. The summed E-state index contributed by atoms with van der Waals surface area (Å²) in [5, 5.41) is 6.44. The van der Waals surface area contributed by atoms with Crippen LogP contribution in [0, 0.1) is 0 Å². The topological polar surface area (TPSA) is 50.4 Å². The minimum absolute atomic E-state index is 0.00700. The van der Waals surface area contributed by atoms with Gasteiger partial charge < -0.3 is 15.4 Å². The molecule has 0 spiro atoms. The Morgan fingerprint density at radius 3 is 2.90 bits per heavy atom. The van der Waals surface area contributed by atoms with Gasteiger partial charge in [-0.05, 0) is 37.5 Å². The first-order chi connectivity index (χ1) is 10.2. The van der Waals surface area contributed by atoms with Crippen molar-refractivity contribution in [3.8, 4) is 0 Å². The average Bonchev–Trinajstić information content (AvgIpc) is 2.53. The molecule has 2 unspecified atom stereocenters. The highest BCUT2D eigenvalue weighted by molar-refractivity contribution is 5.95. The predicted octanol–water partition coefficient (Wildman–Crippen LogP) is 3.20. The third-order valence-electron chi connectivity index (χ3n) is 4.02. The van der Waals surface area contributed by atoms with E-state index >= 15 is 0 Å². The van der Waals surface area contributed by atoms with E-state index in [9.17, 15) is 4.79 Å². The fraction of sp³-hybridized carbons (Fsp3) is 0.588. The van der Waals surface area contributed by atoms with Crippen molar-refractivity contribution in [3.05, 3.63) is 29.8 Å². The van der Waals surface area contributed by atoms with E-state index in [2.05, 4.69) is 10.6 Å². The van der Waals surface area contributed by atoms with E-state index in [1.165, 1.54) is 12.8 Å². The van der Waals surface area contributed by atoms with Gasteiger partial charge in [-0.2, -0.15) is 0 Å². The van der Waals surface area contributed by atoms with E-state index < -0.39 is 0 Å². The molecule has 1 saturated carbocycles. The van der Waals surface area contributed by atoms with Crippen LogP contribution in [0.15, 0.2) is 24.3 Å². The molecule has 2 atom stereocenters. The van der Waals surface area contributed by atoms with Crippen molar-refractivity contribution in [2.75, 3.05) is 19.0 Å². The van der Waals surface area contributed by atoms with E-state index in [4.69, 9.17) is 4.74 Å². The smallest absolute Gasteiger partial charge is 0.251 e. The van der Waals surface area contributed by atoms with Crippen LogP contribution in [0.3, 0.4) is 0 Å². The van der Waals surface area contributed by atoms with Gasteiger partial charge in [-0.15, -0.1) is 0 Å². The standard InChI is InChI=1S/C17H26N2O2/c1-3-11-18-17(20)13-7-6-8-14(12-13)19-15-9-4-5-10-16(15)21-2/h6-8,12,15-16,19H,3-5,9-11H2,1-2H3,(H,18,20). The van der Waals surface area contributed by atoms with Crippen LogP contribution in [0.4, 0.5) is 5.69 Å². The molecule has 0 radical (unpaired) electrons. The lowest BCUT2D eigenvalue weighted by atomic mass is 9.92. The molecule has 0 saturated heterocycles. The van der Waals surface area contributed by atoms with Gasteiger partial charge >= 0.3 is 0 Å². The SMILES string of the molecule is CCCNC(=O)c1cccc(NC2CCCCC2OC)c1. The highest BCUT2D eigenvalue weighted by Gasteiger charge is 2.24. The zero-order valence-corrected chi connectivity index (χ0v) is 13.0. The van der Waals surface area contributed by atoms with E-state index in [-0.39, 0.29) is 12.0 Å². The first kappa shape index (κ1) is 15.8. The Morgan fingerprint density at radius 2 is 2.14 bits per heavy atom. The number of amides is 1. The molecular formula is C17H26N2O2. The Hall–Kier alpha value is -1.55. The Bertz CT molecular complexity index is 462. The predicted molar refractivity (Wildman–Crippen MR) is 85.7 cm³/mol. The lowest BCUT2D eigenvalue weighted by Gasteiger charge is -2.31. The molecule has 0 heterocycles. The van der Waals surface area contributed by atoms with Gasteiger partial charge in [0.15, 0.2) is 0 Å². The van der Waals surface area contributed by atoms with Crippen LogP contribution in [-0.4, -0.2) is 31.7 Å². The summed E-state index contributed by atoms with van der Waals surface area (Å²) in [4.78, 5) is 12.0. The molecule has 4 nitrogen and oxygen atoms in total. The fourth-order valence-corrected chi connectivity index (χ4v) is 2.85. The maximum Gasteiger partial charge on any atom is 0.251 e. The van der Waals surface area contributed by atoms with Crippen LogP contribution in [-0.2, 0) is 4.74 Å². The molecule has 1 aliphatic carbocycles. The van der Waals surface area contributed by atoms with Gasteiger partial charge in [-0.25, -0.2) is 0 Å². The molecule has 116 valence electrons. The fourth-order valence-electron chi connectivity index (χ4n) is 2.85. The first-order valence-electron chi connectivity index (χ1n) is 7.92. The Morgan fingerprint density at radius 1 is 1.33 bits per heavy atom. The van der Waals surface area contributed by atoms with Crippen molar-refractivity contribution >= 4 is 11.6 Å². The maximum atomic E-state index is 12.0. The van der Waals surface area contributed by atoms with Crippen molar-refractivity contribution in [2.24, 2.45) is 0 Å². The van der Waals surface area contributed by atoms with Gasteiger partial charge in [-0.1, -0.05) is 25.8 Å². The largest absolute Gasteiger partial charge is 0.380 e. The number of anilines is 1. The van der Waals surface area contributed by atoms with Crippen molar-refractivity contribution in [3.63, 3.8) is 0 Å². The van der Waals surface area contributed by atoms with Gasteiger partial charge in [0.25, 0.3) is 5.91 Å². The maximum absolute atomic E-state index is 12.0. The van der Waals surface area contributed by atoms with Crippen molar-refractivity contribution in [2.45, 2.75) is 51.2 Å². The van der Waals surface area contributed by atoms with E-state index in [1.807, 2.05) is 31.2 Å². The second-order valence-electron chi connectivity index (χ2n) is 5.65. The molecule has 2 rings (SSSR count). The zero-order valence-electron chi connectivity index (χ0n) is 13.0. The second-order valence-corrected chi connectivity index (χ2v) is 5.65. The summed E-state index contributed by atoms with van der Waals surface area (Å²) >= 11 is 0. The minimum Gasteiger partial charge on any atom is -0.380 e. The molecule has 1 fully saturated rings. The number of rotatable bonds is 6. The van der Waals surface area contributed by atoms with Crippen LogP contribution >= 0.6 is 0 Å².